The van der Waals surface area contributed by atoms with Crippen LogP contribution in [0.3, 0.4) is 0 Å². The molecule has 98 valence electrons. The minimum absolute atomic E-state index is 0.229. The Morgan fingerprint density at radius 3 is 2.79 bits per heavy atom. The van der Waals surface area contributed by atoms with Gasteiger partial charge in [0.15, 0.2) is 11.4 Å². The Morgan fingerprint density at radius 2 is 2.16 bits per heavy atom. The van der Waals surface area contributed by atoms with Crippen LogP contribution in [-0.2, 0) is 0 Å². The standard InChI is InChI=1S/C11H7FIN3O3/c12-5-1-2-7(6(13)3-5)16-10(17)8-9(11(18)19)15-4-14-8/h1-4H,(H,14,15)(H,16,17)(H,18,19). The molecule has 0 spiro atoms. The van der Waals surface area contributed by atoms with Crippen LogP contribution >= 0.6 is 22.6 Å². The third-order valence-electron chi connectivity index (χ3n) is 2.25. The summed E-state index contributed by atoms with van der Waals surface area (Å²) in [5.74, 6) is -2.38. The number of aromatic nitrogens is 2. The third kappa shape index (κ3) is 2.89. The number of anilines is 1. The highest BCUT2D eigenvalue weighted by molar-refractivity contribution is 14.1. The van der Waals surface area contributed by atoms with Crippen molar-refractivity contribution in [3.63, 3.8) is 0 Å². The van der Waals surface area contributed by atoms with Crippen LogP contribution in [0.4, 0.5) is 10.1 Å². The summed E-state index contributed by atoms with van der Waals surface area (Å²) in [4.78, 5) is 28.8. The molecule has 0 saturated heterocycles. The average molecular weight is 375 g/mol. The Bertz CT molecular complexity index is 656. The van der Waals surface area contributed by atoms with Crippen LogP contribution in [-0.4, -0.2) is 27.0 Å². The average Bonchev–Trinajstić information content (AvgIpc) is 2.82. The lowest BCUT2D eigenvalue weighted by Gasteiger charge is -2.06. The second-order valence-electron chi connectivity index (χ2n) is 3.51. The molecule has 2 aromatic rings. The lowest BCUT2D eigenvalue weighted by molar-refractivity contribution is 0.0686. The number of aromatic amines is 1. The van der Waals surface area contributed by atoms with Crippen LogP contribution in [0.5, 0.6) is 0 Å². The Balaban J connectivity index is 2.26. The van der Waals surface area contributed by atoms with Crippen molar-refractivity contribution in [2.75, 3.05) is 5.32 Å². The number of rotatable bonds is 3. The first-order valence-electron chi connectivity index (χ1n) is 5.02. The minimum atomic E-state index is -1.28. The van der Waals surface area contributed by atoms with Gasteiger partial charge in [0.25, 0.3) is 5.91 Å². The highest BCUT2D eigenvalue weighted by atomic mass is 127. The highest BCUT2D eigenvalue weighted by Gasteiger charge is 2.20. The summed E-state index contributed by atoms with van der Waals surface area (Å²) >= 11 is 1.86. The summed E-state index contributed by atoms with van der Waals surface area (Å²) in [5.41, 5.74) is -0.145. The Labute approximate surface area is 120 Å². The van der Waals surface area contributed by atoms with E-state index in [1.165, 1.54) is 18.2 Å². The topological polar surface area (TPSA) is 95.1 Å². The molecule has 0 aliphatic rings. The quantitative estimate of drug-likeness (QED) is 0.717. The van der Waals surface area contributed by atoms with Crippen molar-refractivity contribution in [1.82, 2.24) is 9.97 Å². The van der Waals surface area contributed by atoms with Crippen molar-refractivity contribution in [3.05, 3.63) is 45.3 Å². The van der Waals surface area contributed by atoms with Crippen molar-refractivity contribution in [2.24, 2.45) is 0 Å². The number of carboxylic acid groups (broad SMARTS) is 1. The van der Waals surface area contributed by atoms with Crippen LogP contribution in [0.25, 0.3) is 0 Å². The van der Waals surface area contributed by atoms with E-state index in [1.54, 1.807) is 0 Å². The van der Waals surface area contributed by atoms with Crippen molar-refractivity contribution < 1.29 is 19.1 Å². The number of amides is 1. The largest absolute Gasteiger partial charge is 0.477 e. The molecule has 3 N–H and O–H groups in total. The van der Waals surface area contributed by atoms with Gasteiger partial charge < -0.3 is 15.4 Å². The molecule has 0 radical (unpaired) electrons. The van der Waals surface area contributed by atoms with Crippen LogP contribution < -0.4 is 5.32 Å². The van der Waals surface area contributed by atoms with Gasteiger partial charge in [-0.2, -0.15) is 0 Å². The zero-order chi connectivity index (χ0) is 14.0. The molecule has 19 heavy (non-hydrogen) atoms. The summed E-state index contributed by atoms with van der Waals surface area (Å²) in [6.45, 7) is 0. The Hall–Kier alpha value is -1.97. The van der Waals surface area contributed by atoms with Gasteiger partial charge in [-0.3, -0.25) is 4.79 Å². The van der Waals surface area contributed by atoms with Crippen LogP contribution in [0.1, 0.15) is 21.0 Å². The van der Waals surface area contributed by atoms with Gasteiger partial charge in [-0.1, -0.05) is 0 Å². The number of hydrogen-bond acceptors (Lipinski definition) is 3. The number of nitrogens with one attached hydrogen (secondary N) is 2. The summed E-state index contributed by atoms with van der Waals surface area (Å²) in [6.07, 6.45) is 1.12. The number of imidazole rings is 1. The smallest absolute Gasteiger partial charge is 0.354 e. The number of carbonyl (C=O) groups is 2. The van der Waals surface area contributed by atoms with Crippen molar-refractivity contribution in [1.29, 1.82) is 0 Å². The second-order valence-corrected chi connectivity index (χ2v) is 4.67. The van der Waals surface area contributed by atoms with Gasteiger partial charge in [-0.15, -0.1) is 0 Å². The van der Waals surface area contributed by atoms with E-state index < -0.39 is 17.7 Å². The fourth-order valence-electron chi connectivity index (χ4n) is 1.40. The van der Waals surface area contributed by atoms with E-state index in [-0.39, 0.29) is 11.4 Å². The van der Waals surface area contributed by atoms with Gasteiger partial charge in [0.1, 0.15) is 5.82 Å². The van der Waals surface area contributed by atoms with Crippen LogP contribution in [0.15, 0.2) is 24.5 Å². The van der Waals surface area contributed by atoms with Gasteiger partial charge in [0, 0.05) is 3.57 Å². The van der Waals surface area contributed by atoms with E-state index in [0.29, 0.717) is 9.26 Å². The third-order valence-corrected chi connectivity index (χ3v) is 3.14. The van der Waals surface area contributed by atoms with Gasteiger partial charge in [0.05, 0.1) is 12.0 Å². The summed E-state index contributed by atoms with van der Waals surface area (Å²) in [7, 11) is 0. The van der Waals surface area contributed by atoms with Gasteiger partial charge >= 0.3 is 5.97 Å². The normalized spacial score (nSPS) is 10.2. The van der Waals surface area contributed by atoms with Crippen LogP contribution in [0, 0.1) is 9.39 Å². The Kier molecular flexibility index (Phi) is 3.79. The molecule has 0 saturated carbocycles. The van der Waals surface area contributed by atoms with E-state index in [9.17, 15) is 14.0 Å². The van der Waals surface area contributed by atoms with E-state index in [2.05, 4.69) is 15.3 Å². The molecule has 8 heteroatoms. The second kappa shape index (κ2) is 5.34. The maximum Gasteiger partial charge on any atom is 0.354 e. The molecular weight excluding hydrogens is 368 g/mol. The fourth-order valence-corrected chi connectivity index (χ4v) is 2.01. The van der Waals surface area contributed by atoms with E-state index in [1.807, 2.05) is 22.6 Å². The molecule has 0 bridgehead atoms. The molecule has 2 rings (SSSR count). The zero-order valence-corrected chi connectivity index (χ0v) is 11.4. The summed E-state index contributed by atoms with van der Waals surface area (Å²) < 4.78 is 13.4. The van der Waals surface area contributed by atoms with Crippen molar-refractivity contribution in [2.45, 2.75) is 0 Å². The van der Waals surface area contributed by atoms with Gasteiger partial charge in [-0.05, 0) is 40.8 Å². The molecule has 1 aromatic carbocycles. The molecule has 1 heterocycles. The number of carbonyl (C=O) groups excluding carboxylic acids is 1. The number of carboxylic acids is 1. The molecule has 1 amide bonds. The van der Waals surface area contributed by atoms with Gasteiger partial charge in [-0.25, -0.2) is 14.2 Å². The number of hydrogen-bond donors (Lipinski definition) is 3. The summed E-state index contributed by atoms with van der Waals surface area (Å²) in [6, 6.07) is 3.83. The number of nitrogens with zero attached hydrogens (tertiary/aromatic N) is 1. The van der Waals surface area contributed by atoms with Crippen molar-refractivity contribution >= 4 is 40.2 Å². The lowest BCUT2D eigenvalue weighted by Crippen LogP contribution is -2.17. The zero-order valence-electron chi connectivity index (χ0n) is 9.28. The number of H-pyrrole nitrogens is 1. The Morgan fingerprint density at radius 1 is 1.42 bits per heavy atom. The first kappa shape index (κ1) is 13.5. The minimum Gasteiger partial charge on any atom is -0.477 e. The fraction of sp³-hybridized carbons (Fsp3) is 0. The first-order valence-corrected chi connectivity index (χ1v) is 6.10. The maximum absolute atomic E-state index is 12.9. The number of benzene rings is 1. The molecule has 0 aliphatic heterocycles. The lowest BCUT2D eigenvalue weighted by atomic mass is 10.2. The van der Waals surface area contributed by atoms with Crippen molar-refractivity contribution in [3.8, 4) is 0 Å². The summed E-state index contributed by atoms with van der Waals surface area (Å²) in [5, 5.41) is 11.3. The maximum atomic E-state index is 12.9. The molecule has 0 fully saturated rings. The SMILES string of the molecule is O=C(Nc1ccc(F)cc1I)c1nc[nH]c1C(=O)O. The first-order chi connectivity index (χ1) is 8.99. The monoisotopic (exact) mass is 375 g/mol. The molecule has 6 nitrogen and oxygen atoms in total. The predicted octanol–water partition coefficient (Wildman–Crippen LogP) is 2.10. The molecule has 0 atom stereocenters. The van der Waals surface area contributed by atoms with E-state index in [4.69, 9.17) is 5.11 Å². The van der Waals surface area contributed by atoms with Gasteiger partial charge in [0.2, 0.25) is 0 Å². The predicted molar refractivity (Wildman–Crippen MR) is 72.6 cm³/mol. The number of halogens is 2. The molecule has 0 aliphatic carbocycles. The number of aromatic carboxylic acids is 1. The van der Waals surface area contributed by atoms with E-state index in [0.717, 1.165) is 6.33 Å². The highest BCUT2D eigenvalue weighted by Crippen LogP contribution is 2.20. The molecule has 0 unspecified atom stereocenters. The van der Waals surface area contributed by atoms with Crippen LogP contribution in [0.2, 0.25) is 0 Å². The van der Waals surface area contributed by atoms with E-state index >= 15 is 0 Å². The molecular formula is C11H7FIN3O3. The molecule has 1 aromatic heterocycles.